The molecule has 1 radical (unpaired) electrons. The summed E-state index contributed by atoms with van der Waals surface area (Å²) < 4.78 is 5.51. The summed E-state index contributed by atoms with van der Waals surface area (Å²) in [6, 6.07) is 0. The number of carboxylic acid groups (broad SMARTS) is 1. The molecule has 0 aromatic heterocycles. The van der Waals surface area contributed by atoms with E-state index in [9.17, 15) is 4.79 Å². The predicted molar refractivity (Wildman–Crippen MR) is 53.8 cm³/mol. The van der Waals surface area contributed by atoms with E-state index >= 15 is 0 Å². The van der Waals surface area contributed by atoms with E-state index in [1.165, 1.54) is 0 Å². The van der Waals surface area contributed by atoms with Crippen molar-refractivity contribution in [3.8, 4) is 0 Å². The smallest absolute Gasteiger partial charge is 0.334 e. The van der Waals surface area contributed by atoms with Gasteiger partial charge in [0.1, 0.15) is 0 Å². The van der Waals surface area contributed by atoms with Gasteiger partial charge in [-0.15, -0.1) is 0 Å². The SMILES string of the molecule is CCC/C(O[Si](C)C)=C(/C)C(=O)O. The third kappa shape index (κ3) is 4.72. The molecular formula is C9H17O3Si. The number of hydrogen-bond donors (Lipinski definition) is 1. The number of hydrogen-bond acceptors (Lipinski definition) is 2. The molecule has 0 saturated heterocycles. The van der Waals surface area contributed by atoms with E-state index in [1.54, 1.807) is 6.92 Å². The third-order valence-electron chi connectivity index (χ3n) is 1.54. The average molecular weight is 201 g/mol. The van der Waals surface area contributed by atoms with Crippen LogP contribution < -0.4 is 0 Å². The number of carbonyl (C=O) groups is 1. The van der Waals surface area contributed by atoms with E-state index in [-0.39, 0.29) is 0 Å². The Balaban J connectivity index is 4.56. The van der Waals surface area contributed by atoms with Gasteiger partial charge in [0.15, 0.2) is 0 Å². The fourth-order valence-electron chi connectivity index (χ4n) is 0.908. The highest BCUT2D eigenvalue weighted by Gasteiger charge is 2.11. The van der Waals surface area contributed by atoms with E-state index in [1.807, 2.05) is 20.0 Å². The molecule has 0 aliphatic heterocycles. The summed E-state index contributed by atoms with van der Waals surface area (Å²) in [4.78, 5) is 10.7. The molecule has 3 nitrogen and oxygen atoms in total. The molecule has 0 aliphatic rings. The zero-order valence-corrected chi connectivity index (χ0v) is 9.68. The standard InChI is InChI=1S/C9H17O3Si/c1-5-6-8(12-13(3)4)7(2)9(10)11/h5-6H2,1-4H3,(H,10,11)/b8-7+. The van der Waals surface area contributed by atoms with Gasteiger partial charge in [-0.2, -0.15) is 0 Å². The lowest BCUT2D eigenvalue weighted by atomic mass is 10.2. The predicted octanol–water partition coefficient (Wildman–Crippen LogP) is 2.41. The number of rotatable bonds is 5. The molecule has 0 atom stereocenters. The van der Waals surface area contributed by atoms with Crippen LogP contribution in [0.25, 0.3) is 0 Å². The first kappa shape index (κ1) is 12.2. The summed E-state index contributed by atoms with van der Waals surface area (Å²) in [5.41, 5.74) is 0.341. The third-order valence-corrected chi connectivity index (χ3v) is 2.20. The molecule has 0 saturated carbocycles. The lowest BCUT2D eigenvalue weighted by Crippen LogP contribution is -2.11. The van der Waals surface area contributed by atoms with Gasteiger partial charge in [0.2, 0.25) is 0 Å². The second-order valence-corrected chi connectivity index (χ2v) is 5.13. The van der Waals surface area contributed by atoms with E-state index in [4.69, 9.17) is 9.53 Å². The topological polar surface area (TPSA) is 46.5 Å². The number of aliphatic carboxylic acids is 1. The van der Waals surface area contributed by atoms with E-state index in [0.29, 0.717) is 17.8 Å². The van der Waals surface area contributed by atoms with Crippen molar-refractivity contribution in [1.82, 2.24) is 0 Å². The van der Waals surface area contributed by atoms with E-state index in [0.717, 1.165) is 6.42 Å². The van der Waals surface area contributed by atoms with Crippen LogP contribution in [0.15, 0.2) is 11.3 Å². The molecule has 1 N–H and O–H groups in total. The van der Waals surface area contributed by atoms with Gasteiger partial charge in [-0.25, -0.2) is 4.79 Å². The molecule has 75 valence electrons. The Kier molecular flexibility index (Phi) is 5.46. The minimum atomic E-state index is -0.883. The van der Waals surface area contributed by atoms with Crippen molar-refractivity contribution in [3.05, 3.63) is 11.3 Å². The largest absolute Gasteiger partial charge is 0.545 e. The number of allylic oxidation sites excluding steroid dienone is 1. The second kappa shape index (κ2) is 5.80. The maximum atomic E-state index is 10.7. The van der Waals surface area contributed by atoms with Gasteiger partial charge in [0.25, 0.3) is 9.04 Å². The van der Waals surface area contributed by atoms with Gasteiger partial charge in [0, 0.05) is 6.42 Å². The Morgan fingerprint density at radius 1 is 1.46 bits per heavy atom. The zero-order chi connectivity index (χ0) is 10.4. The highest BCUT2D eigenvalue weighted by atomic mass is 28.3. The normalized spacial score (nSPS) is 12.7. The molecule has 0 aliphatic carbocycles. The van der Waals surface area contributed by atoms with Gasteiger partial charge in [0.05, 0.1) is 11.3 Å². The molecule has 0 rings (SSSR count). The van der Waals surface area contributed by atoms with Crippen LogP contribution in [0, 0.1) is 0 Å². The molecule has 0 aromatic rings. The van der Waals surface area contributed by atoms with Gasteiger partial charge in [-0.05, 0) is 26.4 Å². The average Bonchev–Trinajstić information content (AvgIpc) is 2.01. The maximum Gasteiger partial charge on any atom is 0.334 e. The summed E-state index contributed by atoms with van der Waals surface area (Å²) in [6.45, 7) is 7.60. The molecule has 0 aromatic carbocycles. The molecule has 0 unspecified atom stereocenters. The van der Waals surface area contributed by atoms with E-state index < -0.39 is 15.0 Å². The molecular weight excluding hydrogens is 184 g/mol. The second-order valence-electron chi connectivity index (χ2n) is 3.11. The van der Waals surface area contributed by atoms with Crippen LogP contribution in [0.4, 0.5) is 0 Å². The summed E-state index contributed by atoms with van der Waals surface area (Å²) in [6.07, 6.45) is 1.63. The van der Waals surface area contributed by atoms with Gasteiger partial charge in [-0.1, -0.05) is 6.92 Å². The van der Waals surface area contributed by atoms with Crippen LogP contribution in [0.5, 0.6) is 0 Å². The van der Waals surface area contributed by atoms with Crippen molar-refractivity contribution in [2.45, 2.75) is 39.8 Å². The van der Waals surface area contributed by atoms with Crippen LogP contribution >= 0.6 is 0 Å². The van der Waals surface area contributed by atoms with Crippen molar-refractivity contribution in [2.75, 3.05) is 0 Å². The summed E-state index contributed by atoms with van der Waals surface area (Å²) in [5.74, 6) is -0.236. The lowest BCUT2D eigenvalue weighted by Gasteiger charge is -2.13. The summed E-state index contributed by atoms with van der Waals surface area (Å²) in [7, 11) is -0.854. The van der Waals surface area contributed by atoms with Crippen LogP contribution in [0.2, 0.25) is 13.1 Å². The summed E-state index contributed by atoms with van der Waals surface area (Å²) in [5, 5.41) is 8.77. The Bertz CT molecular complexity index is 209. The molecule has 13 heavy (non-hydrogen) atoms. The quantitative estimate of drug-likeness (QED) is 0.422. The van der Waals surface area contributed by atoms with Crippen molar-refractivity contribution < 1.29 is 14.3 Å². The monoisotopic (exact) mass is 201 g/mol. The van der Waals surface area contributed by atoms with Crippen LogP contribution in [0.3, 0.4) is 0 Å². The Morgan fingerprint density at radius 3 is 2.31 bits per heavy atom. The maximum absolute atomic E-state index is 10.7. The Hall–Kier alpha value is -0.773. The van der Waals surface area contributed by atoms with Crippen molar-refractivity contribution >= 4 is 15.0 Å². The van der Waals surface area contributed by atoms with Crippen molar-refractivity contribution in [1.29, 1.82) is 0 Å². The minimum absolute atomic E-state index is 0.341. The van der Waals surface area contributed by atoms with Gasteiger partial charge < -0.3 is 9.53 Å². The number of carboxylic acids is 1. The van der Waals surface area contributed by atoms with Gasteiger partial charge in [-0.3, -0.25) is 0 Å². The zero-order valence-electron chi connectivity index (χ0n) is 8.68. The Labute approximate surface area is 81.1 Å². The molecule has 4 heteroatoms. The first-order valence-corrected chi connectivity index (χ1v) is 6.80. The molecule has 0 fully saturated rings. The molecule has 0 heterocycles. The molecule has 0 spiro atoms. The van der Waals surface area contributed by atoms with Crippen LogP contribution in [-0.4, -0.2) is 20.1 Å². The van der Waals surface area contributed by atoms with Crippen LogP contribution in [0.1, 0.15) is 26.7 Å². The van der Waals surface area contributed by atoms with Gasteiger partial charge >= 0.3 is 5.97 Å². The van der Waals surface area contributed by atoms with Crippen molar-refractivity contribution in [3.63, 3.8) is 0 Å². The summed E-state index contributed by atoms with van der Waals surface area (Å²) >= 11 is 0. The van der Waals surface area contributed by atoms with Crippen molar-refractivity contribution in [2.24, 2.45) is 0 Å². The fraction of sp³-hybridized carbons (Fsp3) is 0.667. The molecule has 0 bridgehead atoms. The first-order chi connectivity index (χ1) is 5.99. The van der Waals surface area contributed by atoms with Crippen LogP contribution in [-0.2, 0) is 9.22 Å². The fourth-order valence-corrected chi connectivity index (χ4v) is 1.66. The Morgan fingerprint density at radius 2 is 2.00 bits per heavy atom. The highest BCUT2D eigenvalue weighted by molar-refractivity contribution is 6.48. The molecule has 0 amide bonds. The first-order valence-electron chi connectivity index (χ1n) is 4.40. The lowest BCUT2D eigenvalue weighted by molar-refractivity contribution is -0.132. The minimum Gasteiger partial charge on any atom is -0.545 e. The highest BCUT2D eigenvalue weighted by Crippen LogP contribution is 2.14. The van der Waals surface area contributed by atoms with E-state index in [2.05, 4.69) is 0 Å².